The Morgan fingerprint density at radius 2 is 1.74 bits per heavy atom. The monoisotopic (exact) mass is 501 g/mol. The van der Waals surface area contributed by atoms with Crippen LogP contribution in [0.5, 0.6) is 0 Å². The third kappa shape index (κ3) is 5.16. The Hall–Kier alpha value is -1.20. The molecule has 1 heterocycles. The van der Waals surface area contributed by atoms with Crippen molar-refractivity contribution in [3.05, 3.63) is 29.8 Å². The number of anilines is 1. The minimum Gasteiger partial charge on any atom is -0.344 e. The highest BCUT2D eigenvalue weighted by Crippen LogP contribution is 2.57. The fraction of sp³-hybridized carbons (Fsp3) is 0.714. The van der Waals surface area contributed by atoms with Crippen LogP contribution in [0.3, 0.4) is 0 Å². The molecule has 1 unspecified atom stereocenters. The Morgan fingerprint density at radius 1 is 1.09 bits per heavy atom. The number of nitrogens with zero attached hydrogens (tertiary/aromatic N) is 2. The van der Waals surface area contributed by atoms with Crippen LogP contribution in [-0.2, 0) is 11.2 Å². The van der Waals surface area contributed by atoms with Crippen LogP contribution in [-0.4, -0.2) is 39.4 Å². The number of thioether (sulfide) groups is 1. The number of carbonyl (C=O) groups is 1. The lowest BCUT2D eigenvalue weighted by atomic mass is 9.53. The van der Waals surface area contributed by atoms with E-state index in [0.717, 1.165) is 35.6 Å². The van der Waals surface area contributed by atoms with Crippen LogP contribution in [0.25, 0.3) is 0 Å². The number of hydrogen-bond acceptors (Lipinski definition) is 3. The standard InChI is InChI=1S/C28H39N3OS.ClH/c1-2-3-4-19-5-7-23(8-6-19)29-26(32)14-25-18-33-27(31(25)24-9-10-24)30-28-15-20-11-21(16-28)13-22(12-20)17-28;/h5-8,20-22,24-25H,2-4,9-18H2,1H3,(H,29,32);1H. The number of amides is 1. The normalized spacial score (nSPS) is 35.0. The van der Waals surface area contributed by atoms with Crippen molar-refractivity contribution in [1.82, 2.24) is 4.90 Å². The highest BCUT2D eigenvalue weighted by atomic mass is 35.5. The Kier molecular flexibility index (Phi) is 7.24. The number of rotatable bonds is 8. The summed E-state index contributed by atoms with van der Waals surface area (Å²) >= 11 is 1.93. The zero-order valence-corrected chi connectivity index (χ0v) is 22.1. The van der Waals surface area contributed by atoms with Gasteiger partial charge in [0.1, 0.15) is 0 Å². The van der Waals surface area contributed by atoms with Gasteiger partial charge in [-0.05, 0) is 99.7 Å². The fourth-order valence-electron chi connectivity index (χ4n) is 7.50. The molecule has 1 aromatic rings. The van der Waals surface area contributed by atoms with E-state index in [4.69, 9.17) is 4.99 Å². The van der Waals surface area contributed by atoms with Gasteiger partial charge in [-0.1, -0.05) is 37.2 Å². The third-order valence-electron chi connectivity index (χ3n) is 8.78. The average Bonchev–Trinajstić information content (AvgIpc) is 3.54. The van der Waals surface area contributed by atoms with E-state index in [1.165, 1.54) is 74.9 Å². The van der Waals surface area contributed by atoms with E-state index in [-0.39, 0.29) is 23.9 Å². The number of aliphatic imine (C=N–C) groups is 1. The van der Waals surface area contributed by atoms with Crippen molar-refractivity contribution in [3.63, 3.8) is 0 Å². The van der Waals surface area contributed by atoms with Crippen LogP contribution >= 0.6 is 24.2 Å². The maximum absolute atomic E-state index is 12.9. The Balaban J connectivity index is 0.00000241. The van der Waals surface area contributed by atoms with Crippen molar-refractivity contribution in [2.45, 2.75) is 102 Å². The largest absolute Gasteiger partial charge is 0.344 e. The number of halogens is 1. The average molecular weight is 502 g/mol. The molecule has 6 fully saturated rings. The van der Waals surface area contributed by atoms with Gasteiger partial charge in [0.2, 0.25) is 5.91 Å². The van der Waals surface area contributed by atoms with E-state index in [2.05, 4.69) is 41.4 Å². The molecule has 186 valence electrons. The first kappa shape index (κ1) is 24.5. The van der Waals surface area contributed by atoms with Crippen molar-refractivity contribution in [2.24, 2.45) is 22.7 Å². The van der Waals surface area contributed by atoms with Gasteiger partial charge in [-0.3, -0.25) is 9.79 Å². The van der Waals surface area contributed by atoms with Gasteiger partial charge < -0.3 is 10.2 Å². The Morgan fingerprint density at radius 3 is 2.32 bits per heavy atom. The molecule has 34 heavy (non-hydrogen) atoms. The molecule has 0 aromatic heterocycles. The summed E-state index contributed by atoms with van der Waals surface area (Å²) in [7, 11) is 0. The first-order valence-corrected chi connectivity index (χ1v) is 14.5. The molecule has 5 aliphatic carbocycles. The highest BCUT2D eigenvalue weighted by Gasteiger charge is 2.52. The number of unbranched alkanes of at least 4 members (excludes halogenated alkanes) is 1. The van der Waals surface area contributed by atoms with E-state index in [9.17, 15) is 4.79 Å². The van der Waals surface area contributed by atoms with Crippen LogP contribution in [0.15, 0.2) is 29.3 Å². The molecule has 1 N–H and O–H groups in total. The van der Waals surface area contributed by atoms with E-state index < -0.39 is 0 Å². The molecular weight excluding hydrogens is 462 g/mol. The molecule has 1 amide bonds. The van der Waals surface area contributed by atoms with Crippen molar-refractivity contribution in [3.8, 4) is 0 Å². The van der Waals surface area contributed by atoms with Crippen molar-refractivity contribution >= 4 is 40.9 Å². The van der Waals surface area contributed by atoms with Crippen LogP contribution in [0.2, 0.25) is 0 Å². The van der Waals surface area contributed by atoms with E-state index >= 15 is 0 Å². The Labute approximate surface area is 215 Å². The van der Waals surface area contributed by atoms with E-state index in [1.54, 1.807) is 0 Å². The summed E-state index contributed by atoms with van der Waals surface area (Å²) in [4.78, 5) is 21.1. The molecular formula is C28H40ClN3OS. The molecule has 1 saturated heterocycles. The summed E-state index contributed by atoms with van der Waals surface area (Å²) in [6.45, 7) is 2.22. The number of nitrogens with one attached hydrogen (secondary N) is 1. The SMILES string of the molecule is CCCCc1ccc(NC(=O)CC2CSC(=NC34CC5CC(CC(C5)C3)C4)N2C2CC2)cc1.Cl. The van der Waals surface area contributed by atoms with Gasteiger partial charge in [-0.25, -0.2) is 0 Å². The summed E-state index contributed by atoms with van der Waals surface area (Å²) in [5.41, 5.74) is 2.50. The topological polar surface area (TPSA) is 44.7 Å². The van der Waals surface area contributed by atoms with Gasteiger partial charge >= 0.3 is 0 Å². The van der Waals surface area contributed by atoms with Crippen molar-refractivity contribution < 1.29 is 4.79 Å². The van der Waals surface area contributed by atoms with Crippen LogP contribution < -0.4 is 5.32 Å². The highest BCUT2D eigenvalue weighted by molar-refractivity contribution is 8.14. The molecule has 4 nitrogen and oxygen atoms in total. The first-order chi connectivity index (χ1) is 16.1. The maximum Gasteiger partial charge on any atom is 0.226 e. The predicted octanol–water partition coefficient (Wildman–Crippen LogP) is 6.68. The van der Waals surface area contributed by atoms with Gasteiger partial charge in [-0.2, -0.15) is 0 Å². The first-order valence-electron chi connectivity index (χ1n) is 13.5. The number of hydrogen-bond donors (Lipinski definition) is 1. The van der Waals surface area contributed by atoms with Gasteiger partial charge in [0.05, 0.1) is 5.54 Å². The molecule has 0 spiro atoms. The summed E-state index contributed by atoms with van der Waals surface area (Å²) < 4.78 is 0. The lowest BCUT2D eigenvalue weighted by Crippen LogP contribution is -2.50. The lowest BCUT2D eigenvalue weighted by molar-refractivity contribution is -0.116. The smallest absolute Gasteiger partial charge is 0.226 e. The van der Waals surface area contributed by atoms with E-state index in [0.29, 0.717) is 18.5 Å². The summed E-state index contributed by atoms with van der Waals surface area (Å²) in [6.07, 6.45) is 15.0. The second-order valence-electron chi connectivity index (χ2n) is 11.7. The molecule has 7 rings (SSSR count). The fourth-order valence-corrected chi connectivity index (χ4v) is 8.83. The van der Waals surface area contributed by atoms with Gasteiger partial charge in [0.15, 0.2) is 5.17 Å². The number of amidine groups is 1. The molecule has 5 saturated carbocycles. The summed E-state index contributed by atoms with van der Waals surface area (Å²) in [5, 5.41) is 4.43. The molecule has 1 atom stereocenters. The van der Waals surface area contributed by atoms with Crippen molar-refractivity contribution in [2.75, 3.05) is 11.1 Å². The Bertz CT molecular complexity index is 877. The lowest BCUT2D eigenvalue weighted by Gasteiger charge is -2.55. The number of carbonyl (C=O) groups excluding carboxylic acids is 1. The van der Waals surface area contributed by atoms with Crippen molar-refractivity contribution in [1.29, 1.82) is 0 Å². The van der Waals surface area contributed by atoms with Crippen LogP contribution in [0, 0.1) is 17.8 Å². The maximum atomic E-state index is 12.9. The zero-order chi connectivity index (χ0) is 22.4. The van der Waals surface area contributed by atoms with Gasteiger partial charge in [0, 0.05) is 29.9 Å². The predicted molar refractivity (Wildman–Crippen MR) is 145 cm³/mol. The van der Waals surface area contributed by atoms with E-state index in [1.807, 2.05) is 11.8 Å². The van der Waals surface area contributed by atoms with Gasteiger partial charge in [-0.15, -0.1) is 12.4 Å². The number of benzene rings is 1. The van der Waals surface area contributed by atoms with Crippen LogP contribution in [0.1, 0.15) is 83.1 Å². The second kappa shape index (κ2) is 10.0. The van der Waals surface area contributed by atoms with Gasteiger partial charge in [0.25, 0.3) is 0 Å². The molecule has 0 radical (unpaired) electrons. The zero-order valence-electron chi connectivity index (χ0n) is 20.5. The minimum atomic E-state index is 0. The minimum absolute atomic E-state index is 0. The third-order valence-corrected chi connectivity index (χ3v) is 9.89. The molecule has 1 aromatic carbocycles. The second-order valence-corrected chi connectivity index (χ2v) is 12.7. The molecule has 6 heteroatoms. The number of aryl methyl sites for hydroxylation is 1. The van der Waals surface area contributed by atoms with Crippen LogP contribution in [0.4, 0.5) is 5.69 Å². The summed E-state index contributed by atoms with van der Waals surface area (Å²) in [6, 6.07) is 9.34. The quantitative estimate of drug-likeness (QED) is 0.431. The molecule has 4 bridgehead atoms. The molecule has 1 aliphatic heterocycles. The molecule has 6 aliphatic rings. The summed E-state index contributed by atoms with van der Waals surface area (Å²) in [5.74, 6) is 3.93.